The first-order chi connectivity index (χ1) is 12.5. The lowest BCUT2D eigenvalue weighted by Gasteiger charge is -2.31. The van der Waals surface area contributed by atoms with Crippen LogP contribution in [0.15, 0.2) is 48.5 Å². The number of nitrogens with zero attached hydrogens (tertiary/aromatic N) is 1. The summed E-state index contributed by atoms with van der Waals surface area (Å²) in [6, 6.07) is 14.9. The molecule has 0 amide bonds. The van der Waals surface area contributed by atoms with Gasteiger partial charge in [-0.25, -0.2) is 8.42 Å². The van der Waals surface area contributed by atoms with Gasteiger partial charge in [0.15, 0.2) is 0 Å². The van der Waals surface area contributed by atoms with Crippen molar-refractivity contribution < 1.29 is 22.6 Å². The average Bonchev–Trinajstić information content (AvgIpc) is 2.67. The second-order valence-electron chi connectivity index (χ2n) is 6.08. The number of ether oxygens (including phenoxy) is 3. The van der Waals surface area contributed by atoms with Crippen LogP contribution in [-0.2, 0) is 21.2 Å². The van der Waals surface area contributed by atoms with Gasteiger partial charge in [0.2, 0.25) is 10.0 Å². The molecule has 0 aliphatic carbocycles. The summed E-state index contributed by atoms with van der Waals surface area (Å²) in [5, 5.41) is 0. The number of hydrogen-bond donors (Lipinski definition) is 0. The van der Waals surface area contributed by atoms with Gasteiger partial charge < -0.3 is 14.2 Å². The number of sulfonamides is 1. The van der Waals surface area contributed by atoms with Crippen molar-refractivity contribution in [3.63, 3.8) is 0 Å². The predicted molar refractivity (Wildman–Crippen MR) is 101 cm³/mol. The summed E-state index contributed by atoms with van der Waals surface area (Å²) in [6.45, 7) is 0.583. The standard InChI is InChI=1S/C19H23NO5S/c1-23-16-8-9-19-18(13-16)20(10-11-25-19)26(21,22)14-17(24-2)12-15-6-4-3-5-7-15/h3-9,13,17H,10-12,14H2,1-2H3. The third-order valence-electron chi connectivity index (χ3n) is 4.36. The molecule has 7 heteroatoms. The summed E-state index contributed by atoms with van der Waals surface area (Å²) in [5.74, 6) is 1.02. The van der Waals surface area contributed by atoms with E-state index in [0.29, 0.717) is 30.2 Å². The third kappa shape index (κ3) is 4.11. The van der Waals surface area contributed by atoms with Crippen LogP contribution in [-0.4, -0.2) is 47.6 Å². The summed E-state index contributed by atoms with van der Waals surface area (Å²) in [6.07, 6.45) is 0.102. The maximum absolute atomic E-state index is 13.1. The predicted octanol–water partition coefficient (Wildman–Crippen LogP) is 2.48. The zero-order valence-electron chi connectivity index (χ0n) is 14.9. The van der Waals surface area contributed by atoms with Crippen molar-refractivity contribution in [2.24, 2.45) is 0 Å². The third-order valence-corrected chi connectivity index (χ3v) is 6.20. The minimum atomic E-state index is -3.58. The van der Waals surface area contributed by atoms with E-state index in [9.17, 15) is 8.42 Å². The molecule has 0 N–H and O–H groups in total. The van der Waals surface area contributed by atoms with Crippen molar-refractivity contribution in [1.82, 2.24) is 0 Å². The van der Waals surface area contributed by atoms with E-state index in [-0.39, 0.29) is 12.3 Å². The van der Waals surface area contributed by atoms with Gasteiger partial charge in [0.25, 0.3) is 0 Å². The van der Waals surface area contributed by atoms with Crippen molar-refractivity contribution in [1.29, 1.82) is 0 Å². The van der Waals surface area contributed by atoms with Crippen LogP contribution in [0.5, 0.6) is 11.5 Å². The molecule has 0 aromatic heterocycles. The molecule has 0 fully saturated rings. The Morgan fingerprint density at radius 2 is 1.92 bits per heavy atom. The fourth-order valence-electron chi connectivity index (χ4n) is 3.00. The molecule has 2 aromatic rings. The second kappa shape index (κ2) is 7.97. The first kappa shape index (κ1) is 18.5. The molecule has 1 heterocycles. The number of rotatable bonds is 7. The second-order valence-corrected chi connectivity index (χ2v) is 8.02. The number of benzene rings is 2. The van der Waals surface area contributed by atoms with Crippen LogP contribution in [0.2, 0.25) is 0 Å². The van der Waals surface area contributed by atoms with E-state index in [2.05, 4.69) is 0 Å². The van der Waals surface area contributed by atoms with E-state index in [1.165, 1.54) is 4.31 Å². The molecule has 26 heavy (non-hydrogen) atoms. The Morgan fingerprint density at radius 1 is 1.15 bits per heavy atom. The summed E-state index contributed by atoms with van der Waals surface area (Å²) in [7, 11) is -0.493. The SMILES string of the molecule is COc1ccc2c(c1)N(S(=O)(=O)CC(Cc1ccccc1)OC)CCO2. The summed E-state index contributed by atoms with van der Waals surface area (Å²) in [4.78, 5) is 0. The molecule has 2 aromatic carbocycles. The molecule has 6 nitrogen and oxygen atoms in total. The minimum absolute atomic E-state index is 0.102. The van der Waals surface area contributed by atoms with Gasteiger partial charge in [-0.05, 0) is 24.1 Å². The molecule has 1 atom stereocenters. The van der Waals surface area contributed by atoms with Crippen LogP contribution >= 0.6 is 0 Å². The highest BCUT2D eigenvalue weighted by atomic mass is 32.2. The number of anilines is 1. The van der Waals surface area contributed by atoms with Crippen LogP contribution in [0.3, 0.4) is 0 Å². The lowest BCUT2D eigenvalue weighted by Crippen LogP contribution is -2.42. The maximum atomic E-state index is 13.1. The molecule has 1 unspecified atom stereocenters. The molecular formula is C19H23NO5S. The van der Waals surface area contributed by atoms with E-state index in [1.54, 1.807) is 32.4 Å². The van der Waals surface area contributed by atoms with Gasteiger partial charge in [-0.1, -0.05) is 30.3 Å². The van der Waals surface area contributed by atoms with Gasteiger partial charge in [0.05, 0.1) is 31.2 Å². The fourth-order valence-corrected chi connectivity index (χ4v) is 4.70. The van der Waals surface area contributed by atoms with Crippen LogP contribution in [0.25, 0.3) is 0 Å². The topological polar surface area (TPSA) is 65.1 Å². The molecule has 0 radical (unpaired) electrons. The minimum Gasteiger partial charge on any atom is -0.497 e. The van der Waals surface area contributed by atoms with Gasteiger partial charge in [-0.3, -0.25) is 4.31 Å². The average molecular weight is 377 g/mol. The highest BCUT2D eigenvalue weighted by Gasteiger charge is 2.31. The molecule has 1 aliphatic heterocycles. The van der Waals surface area contributed by atoms with Gasteiger partial charge in [0, 0.05) is 13.2 Å². The maximum Gasteiger partial charge on any atom is 0.237 e. The molecule has 3 rings (SSSR count). The van der Waals surface area contributed by atoms with Gasteiger partial charge in [0.1, 0.15) is 18.1 Å². The Hall–Kier alpha value is -2.25. The first-order valence-electron chi connectivity index (χ1n) is 8.41. The van der Waals surface area contributed by atoms with Crippen LogP contribution in [0, 0.1) is 0 Å². The smallest absolute Gasteiger partial charge is 0.237 e. The number of hydrogen-bond acceptors (Lipinski definition) is 5. The van der Waals surface area contributed by atoms with Crippen molar-refractivity contribution in [3.05, 3.63) is 54.1 Å². The van der Waals surface area contributed by atoms with Crippen molar-refractivity contribution in [3.8, 4) is 11.5 Å². The lowest BCUT2D eigenvalue weighted by molar-refractivity contribution is 0.121. The molecular weight excluding hydrogens is 354 g/mol. The van der Waals surface area contributed by atoms with E-state index in [4.69, 9.17) is 14.2 Å². The Morgan fingerprint density at radius 3 is 2.62 bits per heavy atom. The summed E-state index contributed by atoms with van der Waals surface area (Å²) in [5.41, 5.74) is 1.55. The van der Waals surface area contributed by atoms with E-state index < -0.39 is 16.1 Å². The quantitative estimate of drug-likeness (QED) is 0.742. The molecule has 0 bridgehead atoms. The Bertz CT molecular complexity index is 838. The van der Waals surface area contributed by atoms with Gasteiger partial charge in [-0.15, -0.1) is 0 Å². The Labute approximate surface area is 154 Å². The zero-order chi connectivity index (χ0) is 18.6. The van der Waals surface area contributed by atoms with Crippen molar-refractivity contribution in [2.45, 2.75) is 12.5 Å². The molecule has 1 aliphatic rings. The molecule has 0 saturated heterocycles. The van der Waals surface area contributed by atoms with E-state index >= 15 is 0 Å². The van der Waals surface area contributed by atoms with Gasteiger partial charge >= 0.3 is 0 Å². The zero-order valence-corrected chi connectivity index (χ0v) is 15.7. The van der Waals surface area contributed by atoms with Crippen LogP contribution in [0.1, 0.15) is 5.56 Å². The monoisotopic (exact) mass is 377 g/mol. The number of methoxy groups -OCH3 is 2. The molecule has 0 saturated carbocycles. The molecule has 140 valence electrons. The van der Waals surface area contributed by atoms with Crippen LogP contribution in [0.4, 0.5) is 5.69 Å². The Kier molecular flexibility index (Phi) is 5.68. The van der Waals surface area contributed by atoms with Crippen molar-refractivity contribution in [2.75, 3.05) is 37.4 Å². The fraction of sp³-hybridized carbons (Fsp3) is 0.368. The first-order valence-corrected chi connectivity index (χ1v) is 10.0. The van der Waals surface area contributed by atoms with E-state index in [0.717, 1.165) is 5.56 Å². The largest absolute Gasteiger partial charge is 0.497 e. The summed E-state index contributed by atoms with van der Waals surface area (Å²) >= 11 is 0. The summed E-state index contributed by atoms with van der Waals surface area (Å²) < 4.78 is 43.8. The number of fused-ring (bicyclic) bond motifs is 1. The highest BCUT2D eigenvalue weighted by molar-refractivity contribution is 7.92. The normalized spacial score (nSPS) is 15.1. The lowest BCUT2D eigenvalue weighted by atomic mass is 10.1. The van der Waals surface area contributed by atoms with Crippen molar-refractivity contribution >= 4 is 15.7 Å². The Balaban J connectivity index is 1.82. The molecule has 0 spiro atoms. The van der Waals surface area contributed by atoms with Crippen LogP contribution < -0.4 is 13.8 Å². The van der Waals surface area contributed by atoms with E-state index in [1.807, 2.05) is 30.3 Å². The highest BCUT2D eigenvalue weighted by Crippen LogP contribution is 2.36. The van der Waals surface area contributed by atoms with Gasteiger partial charge in [-0.2, -0.15) is 0 Å².